The maximum Gasteiger partial charge on any atom is 0.168 e. The molecule has 4 nitrogen and oxygen atoms in total. The Morgan fingerprint density at radius 3 is 2.05 bits per heavy atom. The standard InChI is InChI=1S/C18H25NO3/c1-2-4-16(5-3-1)17(19-10-12-20-13-11-19)6-8-18(9-7-17)21-14-15-22-18/h1-5H,6-15H2. The van der Waals surface area contributed by atoms with Crippen LogP contribution in [0.15, 0.2) is 30.3 Å². The zero-order chi connectivity index (χ0) is 14.9. The van der Waals surface area contributed by atoms with E-state index < -0.39 is 0 Å². The van der Waals surface area contributed by atoms with Crippen LogP contribution in [0.1, 0.15) is 31.2 Å². The van der Waals surface area contributed by atoms with E-state index in [2.05, 4.69) is 35.2 Å². The first-order chi connectivity index (χ1) is 10.8. The lowest BCUT2D eigenvalue weighted by molar-refractivity contribution is -0.199. The normalized spacial score (nSPS) is 28.0. The number of nitrogens with zero attached hydrogens (tertiary/aromatic N) is 1. The summed E-state index contributed by atoms with van der Waals surface area (Å²) in [6.45, 7) is 5.21. The summed E-state index contributed by atoms with van der Waals surface area (Å²) < 4.78 is 17.4. The van der Waals surface area contributed by atoms with Crippen LogP contribution in [0.25, 0.3) is 0 Å². The zero-order valence-electron chi connectivity index (χ0n) is 13.1. The molecule has 0 atom stereocenters. The van der Waals surface area contributed by atoms with Gasteiger partial charge in [-0.15, -0.1) is 0 Å². The van der Waals surface area contributed by atoms with E-state index in [1.54, 1.807) is 0 Å². The van der Waals surface area contributed by atoms with Crippen molar-refractivity contribution < 1.29 is 14.2 Å². The fourth-order valence-electron chi connectivity index (χ4n) is 4.36. The van der Waals surface area contributed by atoms with Gasteiger partial charge in [0.25, 0.3) is 0 Å². The van der Waals surface area contributed by atoms with Crippen molar-refractivity contribution >= 4 is 0 Å². The molecular formula is C18H25NO3. The summed E-state index contributed by atoms with van der Waals surface area (Å²) in [5.41, 5.74) is 1.55. The molecule has 0 bridgehead atoms. The highest BCUT2D eigenvalue weighted by Crippen LogP contribution is 2.48. The Labute approximate surface area is 132 Å². The number of hydrogen-bond acceptors (Lipinski definition) is 4. The van der Waals surface area contributed by atoms with E-state index in [9.17, 15) is 0 Å². The molecule has 2 saturated heterocycles. The van der Waals surface area contributed by atoms with Gasteiger partial charge in [0.1, 0.15) is 0 Å². The van der Waals surface area contributed by atoms with Gasteiger partial charge in [0.2, 0.25) is 0 Å². The van der Waals surface area contributed by atoms with Crippen molar-refractivity contribution in [2.45, 2.75) is 37.0 Å². The summed E-state index contributed by atoms with van der Waals surface area (Å²) in [4.78, 5) is 2.63. The molecule has 1 saturated carbocycles. The SMILES string of the molecule is c1ccc(C2(N3CCOCC3)CCC3(CC2)OCCO3)cc1. The topological polar surface area (TPSA) is 30.9 Å². The average molecular weight is 303 g/mol. The lowest BCUT2D eigenvalue weighted by atomic mass is 9.73. The molecule has 4 rings (SSSR count). The minimum Gasteiger partial charge on any atom is -0.379 e. The molecule has 1 aromatic carbocycles. The Hall–Kier alpha value is -0.940. The number of hydrogen-bond donors (Lipinski definition) is 0. The van der Waals surface area contributed by atoms with Gasteiger partial charge in [0.05, 0.1) is 26.4 Å². The highest BCUT2D eigenvalue weighted by Gasteiger charge is 2.49. The number of morpholine rings is 1. The molecular weight excluding hydrogens is 278 g/mol. The lowest BCUT2D eigenvalue weighted by Crippen LogP contribution is -2.55. The first-order valence-corrected chi connectivity index (χ1v) is 8.49. The second-order valence-corrected chi connectivity index (χ2v) is 6.60. The smallest absolute Gasteiger partial charge is 0.168 e. The van der Waals surface area contributed by atoms with Crippen LogP contribution in [-0.2, 0) is 19.7 Å². The first-order valence-electron chi connectivity index (χ1n) is 8.49. The molecule has 0 unspecified atom stereocenters. The van der Waals surface area contributed by atoms with Crippen LogP contribution >= 0.6 is 0 Å². The third kappa shape index (κ3) is 2.48. The van der Waals surface area contributed by atoms with Gasteiger partial charge in [0.15, 0.2) is 5.79 Å². The Morgan fingerprint density at radius 2 is 1.41 bits per heavy atom. The van der Waals surface area contributed by atoms with Gasteiger partial charge >= 0.3 is 0 Å². The predicted octanol–water partition coefficient (Wildman–Crippen LogP) is 2.53. The minimum absolute atomic E-state index is 0.117. The molecule has 3 fully saturated rings. The van der Waals surface area contributed by atoms with E-state index in [1.807, 2.05) is 0 Å². The van der Waals surface area contributed by atoms with Crippen LogP contribution in [-0.4, -0.2) is 50.2 Å². The molecule has 2 aliphatic heterocycles. The van der Waals surface area contributed by atoms with Gasteiger partial charge in [-0.25, -0.2) is 0 Å². The molecule has 4 heteroatoms. The summed E-state index contributed by atoms with van der Waals surface area (Å²) >= 11 is 0. The largest absolute Gasteiger partial charge is 0.379 e. The molecule has 22 heavy (non-hydrogen) atoms. The van der Waals surface area contributed by atoms with E-state index in [4.69, 9.17) is 14.2 Å². The summed E-state index contributed by atoms with van der Waals surface area (Å²) in [6, 6.07) is 11.0. The maximum atomic E-state index is 5.93. The molecule has 120 valence electrons. The van der Waals surface area contributed by atoms with Gasteiger partial charge in [-0.3, -0.25) is 4.90 Å². The zero-order valence-corrected chi connectivity index (χ0v) is 13.1. The fourth-order valence-corrected chi connectivity index (χ4v) is 4.36. The number of benzene rings is 1. The number of rotatable bonds is 2. The predicted molar refractivity (Wildman–Crippen MR) is 83.6 cm³/mol. The molecule has 2 heterocycles. The van der Waals surface area contributed by atoms with Gasteiger partial charge in [-0.05, 0) is 18.4 Å². The second kappa shape index (κ2) is 5.93. The van der Waals surface area contributed by atoms with Gasteiger partial charge in [-0.2, -0.15) is 0 Å². The average Bonchev–Trinajstić information content (AvgIpc) is 3.06. The van der Waals surface area contributed by atoms with Gasteiger partial charge < -0.3 is 14.2 Å². The maximum absolute atomic E-state index is 5.93. The van der Waals surface area contributed by atoms with E-state index in [0.717, 1.165) is 65.2 Å². The molecule has 1 aliphatic carbocycles. The van der Waals surface area contributed by atoms with Crippen molar-refractivity contribution in [2.24, 2.45) is 0 Å². The van der Waals surface area contributed by atoms with E-state index in [-0.39, 0.29) is 11.3 Å². The minimum atomic E-state index is -0.301. The Morgan fingerprint density at radius 1 is 0.773 bits per heavy atom. The summed E-state index contributed by atoms with van der Waals surface area (Å²) in [5, 5.41) is 0. The van der Waals surface area contributed by atoms with Crippen molar-refractivity contribution in [3.8, 4) is 0 Å². The van der Waals surface area contributed by atoms with Crippen molar-refractivity contribution in [3.05, 3.63) is 35.9 Å². The molecule has 0 aromatic heterocycles. The highest BCUT2D eigenvalue weighted by atomic mass is 16.7. The third-order valence-electron chi connectivity index (χ3n) is 5.58. The quantitative estimate of drug-likeness (QED) is 0.840. The molecule has 0 amide bonds. The summed E-state index contributed by atoms with van der Waals surface area (Å²) in [5.74, 6) is -0.301. The first kappa shape index (κ1) is 14.6. The lowest BCUT2D eigenvalue weighted by Gasteiger charge is -2.51. The van der Waals surface area contributed by atoms with E-state index in [0.29, 0.717) is 0 Å². The van der Waals surface area contributed by atoms with Crippen molar-refractivity contribution in [3.63, 3.8) is 0 Å². The van der Waals surface area contributed by atoms with Crippen molar-refractivity contribution in [2.75, 3.05) is 39.5 Å². The van der Waals surface area contributed by atoms with Crippen LogP contribution in [0.5, 0.6) is 0 Å². The molecule has 0 radical (unpaired) electrons. The highest BCUT2D eigenvalue weighted by molar-refractivity contribution is 5.26. The van der Waals surface area contributed by atoms with Crippen LogP contribution in [0, 0.1) is 0 Å². The summed E-state index contributed by atoms with van der Waals surface area (Å²) in [6.07, 6.45) is 4.16. The number of ether oxygens (including phenoxy) is 3. The Kier molecular flexibility index (Phi) is 3.95. The van der Waals surface area contributed by atoms with Crippen LogP contribution in [0.4, 0.5) is 0 Å². The van der Waals surface area contributed by atoms with Crippen LogP contribution in [0.3, 0.4) is 0 Å². The Balaban J connectivity index is 1.62. The van der Waals surface area contributed by atoms with E-state index >= 15 is 0 Å². The van der Waals surface area contributed by atoms with Crippen molar-refractivity contribution in [1.29, 1.82) is 0 Å². The van der Waals surface area contributed by atoms with Crippen molar-refractivity contribution in [1.82, 2.24) is 4.90 Å². The van der Waals surface area contributed by atoms with E-state index in [1.165, 1.54) is 5.56 Å². The third-order valence-corrected chi connectivity index (χ3v) is 5.58. The van der Waals surface area contributed by atoms with Gasteiger partial charge in [-0.1, -0.05) is 30.3 Å². The second-order valence-electron chi connectivity index (χ2n) is 6.60. The van der Waals surface area contributed by atoms with Crippen LogP contribution < -0.4 is 0 Å². The molecule has 0 N–H and O–H groups in total. The Bertz CT molecular complexity index is 482. The van der Waals surface area contributed by atoms with Gasteiger partial charge in [0, 0.05) is 31.5 Å². The monoisotopic (exact) mass is 303 g/mol. The fraction of sp³-hybridized carbons (Fsp3) is 0.667. The summed E-state index contributed by atoms with van der Waals surface area (Å²) in [7, 11) is 0. The molecule has 3 aliphatic rings. The molecule has 1 spiro atoms. The van der Waals surface area contributed by atoms with Crippen LogP contribution in [0.2, 0.25) is 0 Å². The molecule has 1 aromatic rings.